The average Bonchev–Trinajstić information content (AvgIpc) is 2.67. The van der Waals surface area contributed by atoms with Crippen LogP contribution in [0, 0.1) is 13.8 Å². The Labute approximate surface area is 184 Å². The van der Waals surface area contributed by atoms with Crippen LogP contribution in [-0.2, 0) is 10.0 Å². The fourth-order valence-electron chi connectivity index (χ4n) is 3.02. The third kappa shape index (κ3) is 5.20. The number of aryl methyl sites for hydroxylation is 2. The van der Waals surface area contributed by atoms with Crippen molar-refractivity contribution in [1.82, 2.24) is 0 Å². The number of rotatable bonds is 6. The van der Waals surface area contributed by atoms with Gasteiger partial charge in [0.05, 0.1) is 17.6 Å². The molecule has 3 aromatic rings. The zero-order chi connectivity index (χ0) is 21.9. The van der Waals surface area contributed by atoms with Crippen LogP contribution in [0.5, 0.6) is 5.75 Å². The smallest absolute Gasteiger partial charge is 0.261 e. The zero-order valence-corrected chi connectivity index (χ0v) is 19.1. The Morgan fingerprint density at radius 1 is 0.900 bits per heavy atom. The first-order chi connectivity index (χ1) is 14.2. The summed E-state index contributed by atoms with van der Waals surface area (Å²) in [6.45, 7) is 3.81. The van der Waals surface area contributed by atoms with E-state index in [1.54, 1.807) is 42.5 Å². The summed E-state index contributed by atoms with van der Waals surface area (Å²) in [6.07, 6.45) is 0. The van der Waals surface area contributed by atoms with Gasteiger partial charge in [-0.05, 0) is 79.6 Å². The van der Waals surface area contributed by atoms with Crippen LogP contribution >= 0.6 is 15.9 Å². The number of hydrogen-bond donors (Lipinski definition) is 2. The van der Waals surface area contributed by atoms with E-state index in [0.717, 1.165) is 15.6 Å². The highest BCUT2D eigenvalue weighted by atomic mass is 79.9. The van der Waals surface area contributed by atoms with E-state index in [2.05, 4.69) is 26.0 Å². The summed E-state index contributed by atoms with van der Waals surface area (Å²) in [6, 6.07) is 16.6. The summed E-state index contributed by atoms with van der Waals surface area (Å²) in [5.41, 5.74) is 3.27. The molecule has 30 heavy (non-hydrogen) atoms. The molecule has 0 fully saturated rings. The lowest BCUT2D eigenvalue weighted by molar-refractivity contribution is 0.102. The number of carbonyl (C=O) groups excluding carboxylic acids is 1. The molecule has 0 spiro atoms. The van der Waals surface area contributed by atoms with Gasteiger partial charge in [0.1, 0.15) is 5.75 Å². The molecule has 0 unspecified atom stereocenters. The Kier molecular flexibility index (Phi) is 6.48. The van der Waals surface area contributed by atoms with Gasteiger partial charge in [-0.1, -0.05) is 22.0 Å². The van der Waals surface area contributed by atoms with Crippen LogP contribution in [-0.4, -0.2) is 21.4 Å². The van der Waals surface area contributed by atoms with Gasteiger partial charge in [-0.25, -0.2) is 8.42 Å². The van der Waals surface area contributed by atoms with Gasteiger partial charge < -0.3 is 10.1 Å². The van der Waals surface area contributed by atoms with Crippen molar-refractivity contribution in [1.29, 1.82) is 0 Å². The minimum Gasteiger partial charge on any atom is -0.496 e. The normalized spacial score (nSPS) is 11.1. The van der Waals surface area contributed by atoms with E-state index < -0.39 is 10.0 Å². The monoisotopic (exact) mass is 488 g/mol. The highest BCUT2D eigenvalue weighted by Crippen LogP contribution is 2.25. The van der Waals surface area contributed by atoms with Crippen molar-refractivity contribution in [3.05, 3.63) is 81.8 Å². The first kappa shape index (κ1) is 21.9. The van der Waals surface area contributed by atoms with Crippen LogP contribution in [0.1, 0.15) is 21.5 Å². The van der Waals surface area contributed by atoms with E-state index in [-0.39, 0.29) is 10.8 Å². The molecule has 0 aliphatic carbocycles. The van der Waals surface area contributed by atoms with E-state index >= 15 is 0 Å². The molecule has 2 N–H and O–H groups in total. The van der Waals surface area contributed by atoms with Gasteiger partial charge in [-0.15, -0.1) is 0 Å². The molecule has 6 nitrogen and oxygen atoms in total. The number of carbonyl (C=O) groups is 1. The number of amides is 1. The van der Waals surface area contributed by atoms with E-state index in [4.69, 9.17) is 4.74 Å². The maximum Gasteiger partial charge on any atom is 0.261 e. The Hall–Kier alpha value is -2.84. The third-order valence-corrected chi connectivity index (χ3v) is 6.19. The maximum atomic E-state index is 12.7. The molecule has 0 heterocycles. The van der Waals surface area contributed by atoms with Crippen LogP contribution in [0.3, 0.4) is 0 Å². The Morgan fingerprint density at radius 2 is 1.53 bits per heavy atom. The number of ether oxygens (including phenoxy) is 1. The van der Waals surface area contributed by atoms with Crippen LogP contribution in [0.4, 0.5) is 11.4 Å². The van der Waals surface area contributed by atoms with Gasteiger partial charge in [0, 0.05) is 15.8 Å². The molecule has 8 heteroatoms. The molecule has 0 saturated carbocycles. The lowest BCUT2D eigenvalue weighted by atomic mass is 10.1. The summed E-state index contributed by atoms with van der Waals surface area (Å²) in [4.78, 5) is 12.7. The van der Waals surface area contributed by atoms with Crippen molar-refractivity contribution in [3.8, 4) is 5.75 Å². The topological polar surface area (TPSA) is 84.5 Å². The first-order valence-corrected chi connectivity index (χ1v) is 11.3. The Morgan fingerprint density at radius 3 is 2.13 bits per heavy atom. The van der Waals surface area contributed by atoms with Crippen molar-refractivity contribution < 1.29 is 17.9 Å². The lowest BCUT2D eigenvalue weighted by Crippen LogP contribution is -2.15. The zero-order valence-electron chi connectivity index (χ0n) is 16.7. The molecular weight excluding hydrogens is 468 g/mol. The number of nitrogens with one attached hydrogen (secondary N) is 2. The number of anilines is 2. The number of halogens is 1. The van der Waals surface area contributed by atoms with E-state index in [1.165, 1.54) is 19.2 Å². The molecular formula is C22H21BrN2O4S. The average molecular weight is 489 g/mol. The maximum absolute atomic E-state index is 12.7. The number of methoxy groups -OCH3 is 1. The molecule has 0 radical (unpaired) electrons. The predicted octanol–water partition coefficient (Wildman–Crippen LogP) is 5.13. The van der Waals surface area contributed by atoms with Gasteiger partial charge in [0.15, 0.2) is 0 Å². The summed E-state index contributed by atoms with van der Waals surface area (Å²) in [5, 5.41) is 2.75. The summed E-state index contributed by atoms with van der Waals surface area (Å²) < 4.78 is 33.9. The van der Waals surface area contributed by atoms with Gasteiger partial charge in [0.2, 0.25) is 0 Å². The Balaban J connectivity index is 1.77. The molecule has 0 aliphatic heterocycles. The molecule has 0 saturated heterocycles. The van der Waals surface area contributed by atoms with Crippen LogP contribution in [0.15, 0.2) is 70.0 Å². The number of hydrogen-bond acceptors (Lipinski definition) is 4. The summed E-state index contributed by atoms with van der Waals surface area (Å²) in [7, 11) is -2.26. The van der Waals surface area contributed by atoms with Crippen molar-refractivity contribution in [2.75, 3.05) is 17.1 Å². The fraction of sp³-hybridized carbons (Fsp3) is 0.136. The van der Waals surface area contributed by atoms with E-state index in [1.807, 2.05) is 19.9 Å². The summed E-state index contributed by atoms with van der Waals surface area (Å²) in [5.74, 6) is 0.0738. The first-order valence-electron chi connectivity index (χ1n) is 9.04. The van der Waals surface area contributed by atoms with E-state index in [0.29, 0.717) is 22.7 Å². The second-order valence-electron chi connectivity index (χ2n) is 6.80. The highest BCUT2D eigenvalue weighted by molar-refractivity contribution is 9.10. The molecule has 156 valence electrons. The molecule has 0 atom stereocenters. The molecule has 0 aromatic heterocycles. The highest BCUT2D eigenvalue weighted by Gasteiger charge is 2.16. The quantitative estimate of drug-likeness (QED) is 0.503. The summed E-state index contributed by atoms with van der Waals surface area (Å²) >= 11 is 3.34. The van der Waals surface area contributed by atoms with Crippen molar-refractivity contribution in [2.24, 2.45) is 0 Å². The van der Waals surface area contributed by atoms with Crippen molar-refractivity contribution >= 4 is 43.2 Å². The van der Waals surface area contributed by atoms with Crippen LogP contribution in [0.25, 0.3) is 0 Å². The number of sulfonamides is 1. The largest absolute Gasteiger partial charge is 0.496 e. The molecule has 0 aliphatic rings. The van der Waals surface area contributed by atoms with Gasteiger partial charge in [-0.2, -0.15) is 0 Å². The van der Waals surface area contributed by atoms with Crippen molar-refractivity contribution in [3.63, 3.8) is 0 Å². The standard InChI is InChI=1S/C22H21BrN2O4S/c1-14-10-15(2)12-18(11-14)25-30(27,28)19-7-5-17(6-8-19)24-22(26)20-13-16(23)4-9-21(20)29-3/h4-13,25H,1-3H3,(H,24,26). The Bertz CT molecular complexity index is 1170. The molecule has 3 rings (SSSR count). The second-order valence-corrected chi connectivity index (χ2v) is 9.40. The third-order valence-electron chi connectivity index (χ3n) is 4.30. The van der Waals surface area contributed by atoms with Gasteiger partial charge in [0.25, 0.3) is 15.9 Å². The van der Waals surface area contributed by atoms with Crippen molar-refractivity contribution in [2.45, 2.75) is 18.7 Å². The van der Waals surface area contributed by atoms with Crippen LogP contribution in [0.2, 0.25) is 0 Å². The fourth-order valence-corrected chi connectivity index (χ4v) is 4.42. The van der Waals surface area contributed by atoms with E-state index in [9.17, 15) is 13.2 Å². The molecule has 3 aromatic carbocycles. The predicted molar refractivity (Wildman–Crippen MR) is 122 cm³/mol. The minimum atomic E-state index is -3.75. The number of benzene rings is 3. The van der Waals surface area contributed by atoms with Crippen LogP contribution < -0.4 is 14.8 Å². The minimum absolute atomic E-state index is 0.0969. The lowest BCUT2D eigenvalue weighted by Gasteiger charge is -2.12. The molecule has 0 bridgehead atoms. The second kappa shape index (κ2) is 8.89. The van der Waals surface area contributed by atoms with Gasteiger partial charge in [-0.3, -0.25) is 9.52 Å². The SMILES string of the molecule is COc1ccc(Br)cc1C(=O)Nc1ccc(S(=O)(=O)Nc2cc(C)cc(C)c2)cc1. The molecule has 1 amide bonds. The van der Waals surface area contributed by atoms with Gasteiger partial charge >= 0.3 is 0 Å².